The van der Waals surface area contributed by atoms with Crippen LogP contribution in [-0.4, -0.2) is 36.6 Å². The van der Waals surface area contributed by atoms with Crippen molar-refractivity contribution < 1.29 is 28.3 Å². The molecule has 1 aromatic heterocycles. The molecular weight excluding hydrogens is 626 g/mol. The van der Waals surface area contributed by atoms with Gasteiger partial charge in [-0.3, -0.25) is 14.4 Å². The summed E-state index contributed by atoms with van der Waals surface area (Å²) in [5, 5.41) is 8.88. The Morgan fingerprint density at radius 2 is 1.67 bits per heavy atom. The fraction of sp³-hybridized carbons (Fsp3) is 0.200. The van der Waals surface area contributed by atoms with Crippen molar-refractivity contribution in [2.75, 3.05) is 23.5 Å². The van der Waals surface area contributed by atoms with Gasteiger partial charge in [-0.2, -0.15) is 0 Å². The average Bonchev–Trinajstić information content (AvgIpc) is 3.23. The summed E-state index contributed by atoms with van der Waals surface area (Å²) in [4.78, 5) is 53.7. The van der Waals surface area contributed by atoms with Gasteiger partial charge in [0.25, 0.3) is 11.8 Å². The van der Waals surface area contributed by atoms with Gasteiger partial charge in [-0.15, -0.1) is 23.1 Å². The van der Waals surface area contributed by atoms with Gasteiger partial charge < -0.3 is 20.7 Å². The van der Waals surface area contributed by atoms with Crippen LogP contribution in [0.3, 0.4) is 0 Å². The van der Waals surface area contributed by atoms with Crippen molar-refractivity contribution >= 4 is 63.6 Å². The Hall–Kier alpha value is -4.74. The lowest BCUT2D eigenvalue weighted by atomic mass is 10.1. The minimum Gasteiger partial charge on any atom is -0.465 e. The molecule has 1 aliphatic rings. The van der Waals surface area contributed by atoms with Crippen LogP contribution in [0.2, 0.25) is 0 Å². The van der Waals surface area contributed by atoms with Gasteiger partial charge in [0.15, 0.2) is 0 Å². The molecule has 0 bridgehead atoms. The van der Waals surface area contributed by atoms with Crippen LogP contribution >= 0.6 is 23.1 Å². The molecule has 0 unspecified atom stereocenters. The minimum atomic E-state index is -0.582. The van der Waals surface area contributed by atoms with Gasteiger partial charge in [-0.25, -0.2) is 9.18 Å². The molecule has 0 radical (unpaired) electrons. The minimum absolute atomic E-state index is 0.0337. The van der Waals surface area contributed by atoms with E-state index in [4.69, 9.17) is 4.74 Å². The number of rotatable bonds is 10. The maximum atomic E-state index is 13.5. The number of halogens is 1. The van der Waals surface area contributed by atoms with E-state index in [0.29, 0.717) is 27.4 Å². The lowest BCUT2D eigenvalue weighted by Gasteiger charge is -2.12. The fourth-order valence-electron chi connectivity index (χ4n) is 4.99. The number of thioether (sulfide) groups is 1. The number of benzene rings is 3. The number of nitrogens with one attached hydrogen (secondary N) is 3. The first-order valence-corrected chi connectivity index (χ1v) is 16.5. The second kappa shape index (κ2) is 15.5. The van der Waals surface area contributed by atoms with Gasteiger partial charge in [-0.05, 0) is 85.4 Å². The van der Waals surface area contributed by atoms with Crippen LogP contribution in [0.1, 0.15) is 56.0 Å². The molecule has 3 N–H and O–H groups in total. The molecule has 1 heterocycles. The van der Waals surface area contributed by atoms with Crippen molar-refractivity contribution in [1.29, 1.82) is 0 Å². The highest BCUT2D eigenvalue weighted by molar-refractivity contribution is 8.00. The summed E-state index contributed by atoms with van der Waals surface area (Å²) < 4.78 is 18.5. The quantitative estimate of drug-likeness (QED) is 0.0727. The van der Waals surface area contributed by atoms with Crippen molar-refractivity contribution in [2.45, 2.75) is 37.0 Å². The molecule has 236 valence electrons. The second-order valence-electron chi connectivity index (χ2n) is 10.5. The van der Waals surface area contributed by atoms with Crippen molar-refractivity contribution in [2.24, 2.45) is 0 Å². The first-order valence-electron chi connectivity index (χ1n) is 14.7. The number of amides is 3. The molecule has 0 spiro atoms. The Morgan fingerprint density at radius 3 is 2.43 bits per heavy atom. The Balaban J connectivity index is 1.26. The summed E-state index contributed by atoms with van der Waals surface area (Å²) in [5.41, 5.74) is 2.74. The van der Waals surface area contributed by atoms with Crippen LogP contribution < -0.4 is 16.0 Å². The predicted octanol–water partition coefficient (Wildman–Crippen LogP) is 7.08. The number of esters is 1. The molecule has 0 saturated heterocycles. The van der Waals surface area contributed by atoms with E-state index in [9.17, 15) is 23.6 Å². The zero-order valence-electron chi connectivity index (χ0n) is 25.1. The molecule has 0 fully saturated rings. The number of carbonyl (C=O) groups excluding carboxylic acids is 4. The number of methoxy groups -OCH3 is 1. The highest BCUT2D eigenvalue weighted by Gasteiger charge is 2.26. The number of thiophene rings is 1. The number of ether oxygens (including phenoxy) is 1. The largest absolute Gasteiger partial charge is 0.465 e. The molecule has 46 heavy (non-hydrogen) atoms. The normalized spacial score (nSPS) is 12.8. The molecule has 3 amide bonds. The van der Waals surface area contributed by atoms with Crippen LogP contribution in [0.5, 0.6) is 0 Å². The summed E-state index contributed by atoms with van der Waals surface area (Å²) >= 11 is 2.71. The third kappa shape index (κ3) is 8.49. The Labute approximate surface area is 274 Å². The molecule has 11 heteroatoms. The first kappa shape index (κ1) is 32.6. The molecule has 0 saturated carbocycles. The summed E-state index contributed by atoms with van der Waals surface area (Å²) in [6, 6.07) is 21.0. The van der Waals surface area contributed by atoms with Gasteiger partial charge >= 0.3 is 5.97 Å². The van der Waals surface area contributed by atoms with Crippen LogP contribution in [0.4, 0.5) is 15.1 Å². The lowest BCUT2D eigenvalue weighted by Crippen LogP contribution is -2.30. The smallest absolute Gasteiger partial charge is 0.341 e. The number of fused-ring (bicyclic) bond motifs is 1. The number of anilines is 2. The average molecular weight is 658 g/mol. The SMILES string of the molecule is COC(=O)c1c(NC(=O)CSc2cccc(NC(=O)/C(=C\c3ccc(F)cc3)NC(=O)c3ccccc3)c2)sc2c1CCCCC2. The monoisotopic (exact) mass is 657 g/mol. The van der Waals surface area contributed by atoms with Crippen LogP contribution in [0, 0.1) is 5.82 Å². The van der Waals surface area contributed by atoms with Gasteiger partial charge in [0.1, 0.15) is 16.5 Å². The molecule has 0 aliphatic heterocycles. The van der Waals surface area contributed by atoms with Gasteiger partial charge in [0.05, 0.1) is 18.4 Å². The van der Waals surface area contributed by atoms with E-state index in [0.717, 1.165) is 47.4 Å². The van der Waals surface area contributed by atoms with Gasteiger partial charge in [-0.1, -0.05) is 42.8 Å². The number of hydrogen-bond acceptors (Lipinski definition) is 7. The Morgan fingerprint density at radius 1 is 0.913 bits per heavy atom. The topological polar surface area (TPSA) is 114 Å². The van der Waals surface area contributed by atoms with E-state index in [1.54, 1.807) is 48.5 Å². The van der Waals surface area contributed by atoms with Crippen LogP contribution in [0.15, 0.2) is 89.5 Å². The summed E-state index contributed by atoms with van der Waals surface area (Å²) in [6.45, 7) is 0. The third-order valence-corrected chi connectivity index (χ3v) is 9.44. The first-order chi connectivity index (χ1) is 22.3. The molecule has 3 aromatic carbocycles. The van der Waals surface area contributed by atoms with Crippen LogP contribution in [0.25, 0.3) is 6.08 Å². The highest BCUT2D eigenvalue weighted by atomic mass is 32.2. The molecule has 0 atom stereocenters. The number of hydrogen-bond donors (Lipinski definition) is 3. The lowest BCUT2D eigenvalue weighted by molar-refractivity contribution is -0.114. The maximum Gasteiger partial charge on any atom is 0.341 e. The van der Waals surface area contributed by atoms with Crippen molar-refractivity contribution in [1.82, 2.24) is 5.32 Å². The van der Waals surface area contributed by atoms with E-state index >= 15 is 0 Å². The zero-order chi connectivity index (χ0) is 32.5. The maximum absolute atomic E-state index is 13.5. The zero-order valence-corrected chi connectivity index (χ0v) is 26.7. The van der Waals surface area contributed by atoms with Crippen molar-refractivity contribution in [3.63, 3.8) is 0 Å². The standard InChI is InChI=1S/C35H32FN3O5S2/c1-44-35(43)31-27-13-6-3-7-14-29(27)46-34(31)39-30(40)21-45-26-12-8-11-25(20-26)37-33(42)28(19-22-15-17-24(36)18-16-22)38-32(41)23-9-4-2-5-10-23/h2,4-5,8-12,15-20H,3,6-7,13-14,21H2,1H3,(H,37,42)(H,38,41)(H,39,40)/b28-19+. The highest BCUT2D eigenvalue weighted by Crippen LogP contribution is 2.38. The molecule has 5 rings (SSSR count). The van der Waals surface area contributed by atoms with E-state index < -0.39 is 23.6 Å². The number of carbonyl (C=O) groups is 4. The Kier molecular flexibility index (Phi) is 11.0. The van der Waals surface area contributed by atoms with Crippen LogP contribution in [-0.2, 0) is 27.2 Å². The second-order valence-corrected chi connectivity index (χ2v) is 12.7. The van der Waals surface area contributed by atoms with E-state index in [-0.39, 0.29) is 17.4 Å². The number of aryl methyl sites for hydroxylation is 1. The molecule has 1 aliphatic carbocycles. The molecule has 4 aromatic rings. The van der Waals surface area contributed by atoms with Gasteiger partial charge in [0.2, 0.25) is 5.91 Å². The van der Waals surface area contributed by atoms with Crippen molar-refractivity contribution in [3.8, 4) is 0 Å². The van der Waals surface area contributed by atoms with E-state index in [2.05, 4.69) is 16.0 Å². The third-order valence-electron chi connectivity index (χ3n) is 7.24. The predicted molar refractivity (Wildman–Crippen MR) is 180 cm³/mol. The van der Waals surface area contributed by atoms with Crippen molar-refractivity contribution in [3.05, 3.63) is 118 Å². The molecule has 8 nitrogen and oxygen atoms in total. The molecular formula is C35H32FN3O5S2. The summed E-state index contributed by atoms with van der Waals surface area (Å²) in [7, 11) is 1.34. The van der Waals surface area contributed by atoms with E-state index in [1.165, 1.54) is 60.5 Å². The van der Waals surface area contributed by atoms with Gasteiger partial charge in [0, 0.05) is 21.0 Å². The summed E-state index contributed by atoms with van der Waals surface area (Å²) in [5.74, 6) is -2.12. The summed E-state index contributed by atoms with van der Waals surface area (Å²) in [6.07, 6.45) is 6.28. The fourth-order valence-corrected chi connectivity index (χ4v) is 7.04. The Bertz CT molecular complexity index is 1770. The van der Waals surface area contributed by atoms with E-state index in [1.807, 2.05) is 6.07 Å².